The second kappa shape index (κ2) is 10.3. The number of aryl methyl sites for hydroxylation is 2. The van der Waals surface area contributed by atoms with Crippen LogP contribution in [0, 0.1) is 19.7 Å². The van der Waals surface area contributed by atoms with E-state index in [-0.39, 0.29) is 12.5 Å². The first-order valence-electron chi connectivity index (χ1n) is 10.9. The van der Waals surface area contributed by atoms with Gasteiger partial charge in [0.05, 0.1) is 6.67 Å². The quantitative estimate of drug-likeness (QED) is 0.694. The first-order valence-corrected chi connectivity index (χ1v) is 10.9. The Kier molecular flexibility index (Phi) is 7.79. The Morgan fingerprint density at radius 2 is 1.55 bits per heavy atom. The van der Waals surface area contributed by atoms with E-state index in [0.717, 1.165) is 57.7 Å². The van der Waals surface area contributed by atoms with E-state index < -0.39 is 0 Å². The summed E-state index contributed by atoms with van der Waals surface area (Å²) < 4.78 is 25.4. The van der Waals surface area contributed by atoms with Crippen molar-refractivity contribution < 1.29 is 8.78 Å². The summed E-state index contributed by atoms with van der Waals surface area (Å²) in [7, 11) is 0. The Hall–Kier alpha value is -1.78. The maximum atomic E-state index is 13.3. The standard InChI is InChI=1S/C13H18FN.C12H16FN/c1-11-3-4-12-5-8-15(7-2-6-14)10-13(12)9-11;1-3-14-5-4-10-7-12(13)9(2)6-11(10)8-14/h3-4,9H,2,5-8,10H2,1H3;6-7H,3-5,8H2,1-2H3. The number of alkyl halides is 1. The van der Waals surface area contributed by atoms with E-state index in [9.17, 15) is 8.78 Å². The fraction of sp³-hybridized carbons (Fsp3) is 0.520. The third kappa shape index (κ3) is 5.86. The highest BCUT2D eigenvalue weighted by Gasteiger charge is 2.16. The van der Waals surface area contributed by atoms with Crippen LogP contribution < -0.4 is 0 Å². The third-order valence-electron chi connectivity index (χ3n) is 6.08. The molecule has 0 N–H and O–H groups in total. The first kappa shape index (κ1) is 21.9. The van der Waals surface area contributed by atoms with Gasteiger partial charge in [0, 0.05) is 32.7 Å². The highest BCUT2D eigenvalue weighted by molar-refractivity contribution is 5.34. The zero-order valence-electron chi connectivity index (χ0n) is 18.1. The van der Waals surface area contributed by atoms with Gasteiger partial charge in [-0.25, -0.2) is 4.39 Å². The topological polar surface area (TPSA) is 6.48 Å². The van der Waals surface area contributed by atoms with Crippen LogP contribution in [0.25, 0.3) is 0 Å². The van der Waals surface area contributed by atoms with E-state index in [2.05, 4.69) is 41.8 Å². The Labute approximate surface area is 174 Å². The Bertz CT molecular complexity index is 819. The summed E-state index contributed by atoms with van der Waals surface area (Å²) in [5, 5.41) is 0. The fourth-order valence-corrected chi connectivity index (χ4v) is 4.25. The molecule has 0 fully saturated rings. The van der Waals surface area contributed by atoms with E-state index in [4.69, 9.17) is 0 Å². The van der Waals surface area contributed by atoms with Crippen molar-refractivity contribution in [3.05, 3.63) is 69.5 Å². The Balaban J connectivity index is 0.000000166. The molecule has 0 spiro atoms. The maximum Gasteiger partial charge on any atom is 0.126 e. The fourth-order valence-electron chi connectivity index (χ4n) is 4.25. The predicted octanol–water partition coefficient (Wildman–Crippen LogP) is 5.22. The molecule has 29 heavy (non-hydrogen) atoms. The average molecular weight is 401 g/mol. The van der Waals surface area contributed by atoms with Gasteiger partial charge in [0.15, 0.2) is 0 Å². The molecule has 0 amide bonds. The van der Waals surface area contributed by atoms with Crippen molar-refractivity contribution in [1.29, 1.82) is 0 Å². The van der Waals surface area contributed by atoms with Crippen LogP contribution in [0.2, 0.25) is 0 Å². The number of rotatable bonds is 4. The molecule has 0 atom stereocenters. The van der Waals surface area contributed by atoms with Crippen LogP contribution in [-0.2, 0) is 25.9 Å². The van der Waals surface area contributed by atoms with Gasteiger partial charge in [0.2, 0.25) is 0 Å². The van der Waals surface area contributed by atoms with Crippen molar-refractivity contribution >= 4 is 0 Å². The van der Waals surface area contributed by atoms with Crippen molar-refractivity contribution in [1.82, 2.24) is 9.80 Å². The number of hydrogen-bond acceptors (Lipinski definition) is 2. The molecule has 0 bridgehead atoms. The van der Waals surface area contributed by atoms with Gasteiger partial charge in [-0.05, 0) is 73.5 Å². The highest BCUT2D eigenvalue weighted by atomic mass is 19.1. The van der Waals surface area contributed by atoms with E-state index in [0.29, 0.717) is 6.42 Å². The number of likely N-dealkylation sites (N-methyl/N-ethyl adjacent to an activating group) is 1. The van der Waals surface area contributed by atoms with Crippen molar-refractivity contribution in [3.63, 3.8) is 0 Å². The van der Waals surface area contributed by atoms with Crippen LogP contribution in [-0.4, -0.2) is 42.7 Å². The van der Waals surface area contributed by atoms with Crippen molar-refractivity contribution in [2.75, 3.05) is 32.9 Å². The minimum atomic E-state index is -0.197. The molecule has 2 heterocycles. The second-order valence-corrected chi connectivity index (χ2v) is 8.33. The van der Waals surface area contributed by atoms with E-state index in [1.165, 1.54) is 27.8 Å². The van der Waals surface area contributed by atoms with Crippen LogP contribution >= 0.6 is 0 Å². The first-order chi connectivity index (χ1) is 14.0. The molecule has 0 saturated carbocycles. The summed E-state index contributed by atoms with van der Waals surface area (Å²) in [5.41, 5.74) is 7.48. The van der Waals surface area contributed by atoms with Gasteiger partial charge in [0.1, 0.15) is 5.82 Å². The lowest BCUT2D eigenvalue weighted by atomic mass is 9.97. The van der Waals surface area contributed by atoms with Crippen molar-refractivity contribution in [2.24, 2.45) is 0 Å². The largest absolute Gasteiger partial charge is 0.299 e. The van der Waals surface area contributed by atoms with Gasteiger partial charge >= 0.3 is 0 Å². The van der Waals surface area contributed by atoms with Gasteiger partial charge in [-0.1, -0.05) is 36.8 Å². The average Bonchev–Trinajstić information content (AvgIpc) is 2.73. The Morgan fingerprint density at radius 1 is 0.862 bits per heavy atom. The SMILES string of the molecule is CCN1CCc2cc(F)c(C)cc2C1.Cc1ccc2c(c1)CN(CCCF)CC2. The number of benzene rings is 2. The smallest absolute Gasteiger partial charge is 0.126 e. The molecule has 2 aromatic carbocycles. The molecule has 0 saturated heterocycles. The molecule has 2 aliphatic rings. The molecule has 4 heteroatoms. The van der Waals surface area contributed by atoms with Gasteiger partial charge in [-0.3, -0.25) is 14.2 Å². The summed E-state index contributed by atoms with van der Waals surface area (Å²) in [4.78, 5) is 4.74. The number of nitrogens with zero attached hydrogens (tertiary/aromatic N) is 2. The lowest BCUT2D eigenvalue weighted by Gasteiger charge is -2.28. The van der Waals surface area contributed by atoms with Crippen LogP contribution in [0.15, 0.2) is 30.3 Å². The second-order valence-electron chi connectivity index (χ2n) is 8.33. The molecule has 0 unspecified atom stereocenters. The summed E-state index contributed by atoms with van der Waals surface area (Å²) in [6.45, 7) is 12.0. The predicted molar refractivity (Wildman–Crippen MR) is 117 cm³/mol. The van der Waals surface area contributed by atoms with Crippen LogP contribution in [0.5, 0.6) is 0 Å². The minimum absolute atomic E-state index is 0.0614. The maximum absolute atomic E-state index is 13.3. The molecule has 2 aromatic rings. The molecule has 4 rings (SSSR count). The summed E-state index contributed by atoms with van der Waals surface area (Å²) in [6.07, 6.45) is 2.77. The highest BCUT2D eigenvalue weighted by Crippen LogP contribution is 2.22. The van der Waals surface area contributed by atoms with Crippen LogP contribution in [0.3, 0.4) is 0 Å². The van der Waals surface area contributed by atoms with Crippen molar-refractivity contribution in [3.8, 4) is 0 Å². The van der Waals surface area contributed by atoms with Crippen LogP contribution in [0.1, 0.15) is 46.7 Å². The number of fused-ring (bicyclic) bond motifs is 2. The molecule has 2 nitrogen and oxygen atoms in total. The normalized spacial score (nSPS) is 16.6. The third-order valence-corrected chi connectivity index (χ3v) is 6.08. The van der Waals surface area contributed by atoms with Crippen molar-refractivity contribution in [2.45, 2.75) is 53.1 Å². The molecular weight excluding hydrogens is 366 g/mol. The summed E-state index contributed by atoms with van der Waals surface area (Å²) in [6, 6.07) is 10.4. The zero-order chi connectivity index (χ0) is 20.8. The van der Waals surface area contributed by atoms with Gasteiger partial charge in [0.25, 0.3) is 0 Å². The van der Waals surface area contributed by atoms with Crippen LogP contribution in [0.4, 0.5) is 8.78 Å². The summed E-state index contributed by atoms with van der Waals surface area (Å²) >= 11 is 0. The molecule has 158 valence electrons. The van der Waals surface area contributed by atoms with Gasteiger partial charge < -0.3 is 0 Å². The molecule has 0 radical (unpaired) electrons. The number of halogens is 2. The zero-order valence-corrected chi connectivity index (χ0v) is 18.1. The Morgan fingerprint density at radius 3 is 2.31 bits per heavy atom. The molecule has 0 aromatic heterocycles. The van der Waals surface area contributed by atoms with E-state index >= 15 is 0 Å². The minimum Gasteiger partial charge on any atom is -0.299 e. The van der Waals surface area contributed by atoms with E-state index in [1.54, 1.807) is 6.07 Å². The molecule has 0 aliphatic carbocycles. The molecular formula is C25H34F2N2. The van der Waals surface area contributed by atoms with Gasteiger partial charge in [-0.2, -0.15) is 0 Å². The molecule has 2 aliphatic heterocycles. The monoisotopic (exact) mass is 400 g/mol. The van der Waals surface area contributed by atoms with E-state index in [1.807, 2.05) is 13.0 Å². The lowest BCUT2D eigenvalue weighted by Crippen LogP contribution is -2.31. The lowest BCUT2D eigenvalue weighted by molar-refractivity contribution is 0.241. The number of hydrogen-bond donors (Lipinski definition) is 0. The summed E-state index contributed by atoms with van der Waals surface area (Å²) in [5.74, 6) is -0.0614. The van der Waals surface area contributed by atoms with Gasteiger partial charge in [-0.15, -0.1) is 0 Å².